The Kier molecular flexibility index (Phi) is 5.49. The maximum atomic E-state index is 12.0. The summed E-state index contributed by atoms with van der Waals surface area (Å²) in [7, 11) is 0. The van der Waals surface area contributed by atoms with Crippen molar-refractivity contribution in [3.05, 3.63) is 0 Å². The van der Waals surface area contributed by atoms with Crippen LogP contribution in [0.4, 0.5) is 9.59 Å². The highest BCUT2D eigenvalue weighted by Crippen LogP contribution is 2.24. The maximum Gasteiger partial charge on any atom is 0.416 e. The predicted molar refractivity (Wildman–Crippen MR) is 82.8 cm³/mol. The molecule has 3 amide bonds. The fraction of sp³-hybridized carbons (Fsp3) is 0.812. The van der Waals surface area contributed by atoms with Gasteiger partial charge in [0.15, 0.2) is 0 Å². The first-order chi connectivity index (χ1) is 10.8. The number of hydrogen-bond acceptors (Lipinski definition) is 5. The third-order valence-electron chi connectivity index (χ3n) is 4.09. The molecule has 2 rings (SSSR count). The Morgan fingerprint density at radius 1 is 1.22 bits per heavy atom. The number of piperidine rings is 1. The van der Waals surface area contributed by atoms with Gasteiger partial charge in [0.05, 0.1) is 6.54 Å². The van der Waals surface area contributed by atoms with Crippen molar-refractivity contribution in [3.8, 4) is 0 Å². The molecule has 0 unspecified atom stereocenters. The number of imide groups is 1. The monoisotopic (exact) mass is 326 g/mol. The molecule has 0 N–H and O–H groups in total. The summed E-state index contributed by atoms with van der Waals surface area (Å²) in [4.78, 5) is 38.2. The normalized spacial score (nSPS) is 19.7. The van der Waals surface area contributed by atoms with E-state index in [0.717, 1.165) is 19.3 Å². The van der Waals surface area contributed by atoms with E-state index < -0.39 is 11.7 Å². The summed E-state index contributed by atoms with van der Waals surface area (Å²) < 4.78 is 10.1. The maximum absolute atomic E-state index is 12.0. The number of likely N-dealkylation sites (tertiary alicyclic amines) is 1. The Morgan fingerprint density at radius 3 is 2.39 bits per heavy atom. The molecule has 2 aliphatic rings. The standard InChI is InChI=1S/C16H26N2O5/c1-16(2,3)23-14(20)17-8-6-12(7-9-17)4-5-13(19)18-10-11-22-15(18)21/h12H,4-11H2,1-3H3. The summed E-state index contributed by atoms with van der Waals surface area (Å²) in [5.41, 5.74) is -0.481. The Labute approximate surface area is 136 Å². The molecule has 2 aliphatic heterocycles. The molecule has 0 aromatic heterocycles. The van der Waals surface area contributed by atoms with Crippen LogP contribution in [0.15, 0.2) is 0 Å². The second-order valence-electron chi connectivity index (χ2n) is 7.11. The van der Waals surface area contributed by atoms with Crippen LogP contribution in [0.2, 0.25) is 0 Å². The first-order valence-corrected chi connectivity index (χ1v) is 8.21. The highest BCUT2D eigenvalue weighted by atomic mass is 16.6. The lowest BCUT2D eigenvalue weighted by molar-refractivity contribution is -0.128. The lowest BCUT2D eigenvalue weighted by Gasteiger charge is -2.33. The molecule has 7 nitrogen and oxygen atoms in total. The number of rotatable bonds is 3. The summed E-state index contributed by atoms with van der Waals surface area (Å²) >= 11 is 0. The van der Waals surface area contributed by atoms with Gasteiger partial charge < -0.3 is 14.4 Å². The van der Waals surface area contributed by atoms with E-state index >= 15 is 0 Å². The van der Waals surface area contributed by atoms with Gasteiger partial charge in [-0.25, -0.2) is 14.5 Å². The van der Waals surface area contributed by atoms with Crippen molar-refractivity contribution in [3.63, 3.8) is 0 Å². The fourth-order valence-electron chi connectivity index (χ4n) is 2.81. The molecule has 2 fully saturated rings. The van der Waals surface area contributed by atoms with Crippen molar-refractivity contribution in [2.75, 3.05) is 26.2 Å². The minimum Gasteiger partial charge on any atom is -0.447 e. The van der Waals surface area contributed by atoms with Gasteiger partial charge in [0, 0.05) is 19.5 Å². The zero-order valence-electron chi connectivity index (χ0n) is 14.2. The average molecular weight is 326 g/mol. The summed E-state index contributed by atoms with van der Waals surface area (Å²) in [5.74, 6) is 0.235. The minimum absolute atomic E-state index is 0.165. The molecule has 0 saturated carbocycles. The van der Waals surface area contributed by atoms with Crippen LogP contribution < -0.4 is 0 Å². The summed E-state index contributed by atoms with van der Waals surface area (Å²) in [6.45, 7) is 7.51. The van der Waals surface area contributed by atoms with E-state index in [2.05, 4.69) is 0 Å². The Balaban J connectivity index is 1.69. The third kappa shape index (κ3) is 5.11. The van der Waals surface area contributed by atoms with Crippen molar-refractivity contribution in [2.45, 2.75) is 52.1 Å². The van der Waals surface area contributed by atoms with Crippen LogP contribution in [0.1, 0.15) is 46.5 Å². The molecule has 0 spiro atoms. The van der Waals surface area contributed by atoms with E-state index in [-0.39, 0.29) is 12.0 Å². The van der Waals surface area contributed by atoms with Crippen molar-refractivity contribution < 1.29 is 23.9 Å². The Bertz CT molecular complexity index is 464. The van der Waals surface area contributed by atoms with Gasteiger partial charge in [-0.15, -0.1) is 0 Å². The topological polar surface area (TPSA) is 76.2 Å². The second-order valence-corrected chi connectivity index (χ2v) is 7.11. The summed E-state index contributed by atoms with van der Waals surface area (Å²) in [6.07, 6.45) is 2.01. The van der Waals surface area contributed by atoms with E-state index in [1.54, 1.807) is 4.90 Å². The third-order valence-corrected chi connectivity index (χ3v) is 4.09. The molecule has 0 atom stereocenters. The van der Waals surface area contributed by atoms with Crippen LogP contribution in [0.3, 0.4) is 0 Å². The van der Waals surface area contributed by atoms with E-state index in [0.29, 0.717) is 38.6 Å². The largest absolute Gasteiger partial charge is 0.447 e. The highest BCUT2D eigenvalue weighted by molar-refractivity contribution is 5.92. The van der Waals surface area contributed by atoms with Crippen LogP contribution >= 0.6 is 0 Å². The molecular weight excluding hydrogens is 300 g/mol. The molecule has 2 heterocycles. The van der Waals surface area contributed by atoms with Gasteiger partial charge in [-0.1, -0.05) is 0 Å². The molecule has 0 bridgehead atoms. The zero-order chi connectivity index (χ0) is 17.0. The SMILES string of the molecule is CC(C)(C)OC(=O)N1CCC(CCC(=O)N2CCOC2=O)CC1. The number of ether oxygens (including phenoxy) is 2. The van der Waals surface area contributed by atoms with Crippen molar-refractivity contribution >= 4 is 18.1 Å². The number of carbonyl (C=O) groups excluding carboxylic acids is 3. The molecule has 0 aromatic carbocycles. The van der Waals surface area contributed by atoms with Crippen LogP contribution in [-0.2, 0) is 14.3 Å². The lowest BCUT2D eigenvalue weighted by atomic mass is 9.92. The molecular formula is C16H26N2O5. The van der Waals surface area contributed by atoms with E-state index in [9.17, 15) is 14.4 Å². The number of cyclic esters (lactones) is 1. The van der Waals surface area contributed by atoms with Gasteiger partial charge in [0.25, 0.3) is 0 Å². The Morgan fingerprint density at radius 2 is 1.87 bits per heavy atom. The van der Waals surface area contributed by atoms with Crippen molar-refractivity contribution in [1.82, 2.24) is 9.80 Å². The molecule has 2 saturated heterocycles. The van der Waals surface area contributed by atoms with Crippen LogP contribution in [-0.4, -0.2) is 59.7 Å². The van der Waals surface area contributed by atoms with Gasteiger partial charge in [0.2, 0.25) is 5.91 Å². The summed E-state index contributed by atoms with van der Waals surface area (Å²) in [6, 6.07) is 0. The molecule has 0 aromatic rings. The van der Waals surface area contributed by atoms with Crippen LogP contribution in [0.5, 0.6) is 0 Å². The lowest BCUT2D eigenvalue weighted by Crippen LogP contribution is -2.42. The van der Waals surface area contributed by atoms with Crippen LogP contribution in [0.25, 0.3) is 0 Å². The van der Waals surface area contributed by atoms with Gasteiger partial charge in [0.1, 0.15) is 12.2 Å². The first kappa shape index (κ1) is 17.6. The molecule has 7 heteroatoms. The Hall–Kier alpha value is -1.79. The van der Waals surface area contributed by atoms with E-state index in [1.165, 1.54) is 4.90 Å². The van der Waals surface area contributed by atoms with E-state index in [1.807, 2.05) is 20.8 Å². The highest BCUT2D eigenvalue weighted by Gasteiger charge is 2.30. The predicted octanol–water partition coefficient (Wildman–Crippen LogP) is 2.39. The molecule has 23 heavy (non-hydrogen) atoms. The number of hydrogen-bond donors (Lipinski definition) is 0. The van der Waals surface area contributed by atoms with Crippen molar-refractivity contribution in [1.29, 1.82) is 0 Å². The van der Waals surface area contributed by atoms with Gasteiger partial charge >= 0.3 is 12.2 Å². The van der Waals surface area contributed by atoms with E-state index in [4.69, 9.17) is 9.47 Å². The number of nitrogens with zero attached hydrogens (tertiary/aromatic N) is 2. The van der Waals surface area contributed by atoms with Gasteiger partial charge in [-0.05, 0) is 46.0 Å². The fourth-order valence-corrected chi connectivity index (χ4v) is 2.81. The first-order valence-electron chi connectivity index (χ1n) is 8.21. The quantitative estimate of drug-likeness (QED) is 0.796. The molecule has 130 valence electrons. The number of carbonyl (C=O) groups is 3. The van der Waals surface area contributed by atoms with Gasteiger partial charge in [-0.3, -0.25) is 4.79 Å². The summed E-state index contributed by atoms with van der Waals surface area (Å²) in [5, 5.41) is 0. The number of amides is 3. The van der Waals surface area contributed by atoms with Gasteiger partial charge in [-0.2, -0.15) is 0 Å². The van der Waals surface area contributed by atoms with Crippen LogP contribution in [0, 0.1) is 5.92 Å². The molecule has 0 radical (unpaired) electrons. The minimum atomic E-state index is -0.533. The second kappa shape index (κ2) is 7.19. The van der Waals surface area contributed by atoms with Crippen molar-refractivity contribution in [2.24, 2.45) is 5.92 Å². The smallest absolute Gasteiger partial charge is 0.416 e. The average Bonchev–Trinajstić information content (AvgIpc) is 2.90. The molecule has 0 aliphatic carbocycles. The zero-order valence-corrected chi connectivity index (χ0v) is 14.2.